The molecule has 118 valence electrons. The normalized spacial score (nSPS) is 11.1. The number of rotatable bonds is 2. The summed E-state index contributed by atoms with van der Waals surface area (Å²) in [6, 6.07) is 11.3. The van der Waals surface area contributed by atoms with Crippen LogP contribution >= 0.6 is 22.9 Å². The van der Waals surface area contributed by atoms with Gasteiger partial charge in [-0.25, -0.2) is 4.98 Å². The summed E-state index contributed by atoms with van der Waals surface area (Å²) in [4.78, 5) is 25.0. The van der Waals surface area contributed by atoms with Crippen molar-refractivity contribution in [3.63, 3.8) is 0 Å². The topological polar surface area (TPSA) is 58.6 Å². The monoisotopic (exact) mass is 353 g/mol. The van der Waals surface area contributed by atoms with Crippen molar-refractivity contribution >= 4 is 33.2 Å². The molecule has 0 fully saturated rings. The van der Waals surface area contributed by atoms with Crippen LogP contribution in [0.3, 0.4) is 0 Å². The molecule has 0 unspecified atom stereocenters. The lowest BCUT2D eigenvalue weighted by Gasteiger charge is -2.04. The molecule has 4 aromatic rings. The van der Waals surface area contributed by atoms with Gasteiger partial charge >= 0.3 is 0 Å². The van der Waals surface area contributed by atoms with E-state index in [-0.39, 0.29) is 5.56 Å². The Morgan fingerprint density at radius 3 is 2.83 bits per heavy atom. The predicted octanol–water partition coefficient (Wildman–Crippen LogP) is 4.68. The molecule has 6 heteroatoms. The van der Waals surface area contributed by atoms with Crippen LogP contribution in [0.25, 0.3) is 32.9 Å². The number of thiophene rings is 1. The Hall–Kier alpha value is -2.50. The van der Waals surface area contributed by atoms with Gasteiger partial charge in [0, 0.05) is 22.2 Å². The van der Waals surface area contributed by atoms with Gasteiger partial charge in [-0.2, -0.15) is 0 Å². The van der Waals surface area contributed by atoms with E-state index in [1.165, 1.54) is 11.3 Å². The number of fused-ring (bicyclic) bond motifs is 1. The van der Waals surface area contributed by atoms with Crippen LogP contribution < -0.4 is 5.56 Å². The van der Waals surface area contributed by atoms with Crippen LogP contribution in [0.5, 0.6) is 0 Å². The molecular weight excluding hydrogens is 342 g/mol. The standard InChI is InChI=1S/C18H12ClN3OS/c1-10-8-11(5-6-13(10)19)12-9-24-18-15(12)17(23)21-16(22-18)14-4-2-3-7-20-14/h2-9H,1H3,(H,21,22,23). The zero-order valence-corrected chi connectivity index (χ0v) is 14.3. The lowest BCUT2D eigenvalue weighted by atomic mass is 10.0. The first-order valence-electron chi connectivity index (χ1n) is 7.33. The maximum absolute atomic E-state index is 12.6. The fourth-order valence-electron chi connectivity index (χ4n) is 2.60. The van der Waals surface area contributed by atoms with E-state index in [1.54, 1.807) is 6.20 Å². The molecule has 0 aliphatic heterocycles. The molecule has 0 radical (unpaired) electrons. The van der Waals surface area contributed by atoms with Crippen molar-refractivity contribution < 1.29 is 0 Å². The van der Waals surface area contributed by atoms with Crippen LogP contribution in [0.1, 0.15) is 5.56 Å². The van der Waals surface area contributed by atoms with Gasteiger partial charge in [-0.15, -0.1) is 11.3 Å². The van der Waals surface area contributed by atoms with Gasteiger partial charge in [-0.05, 0) is 42.3 Å². The molecule has 24 heavy (non-hydrogen) atoms. The summed E-state index contributed by atoms with van der Waals surface area (Å²) in [6.07, 6.45) is 1.68. The van der Waals surface area contributed by atoms with E-state index < -0.39 is 0 Å². The van der Waals surface area contributed by atoms with E-state index in [1.807, 2.05) is 48.7 Å². The van der Waals surface area contributed by atoms with Crippen molar-refractivity contribution in [3.05, 3.63) is 68.9 Å². The van der Waals surface area contributed by atoms with Crippen LogP contribution in [-0.2, 0) is 0 Å². The lowest BCUT2D eigenvalue weighted by molar-refractivity contribution is 1.15. The van der Waals surface area contributed by atoms with Gasteiger partial charge < -0.3 is 4.98 Å². The summed E-state index contributed by atoms with van der Waals surface area (Å²) in [5.74, 6) is 0.480. The number of hydrogen-bond acceptors (Lipinski definition) is 4. The number of H-pyrrole nitrogens is 1. The molecule has 0 amide bonds. The highest BCUT2D eigenvalue weighted by molar-refractivity contribution is 7.17. The highest BCUT2D eigenvalue weighted by atomic mass is 35.5. The molecule has 0 atom stereocenters. The highest BCUT2D eigenvalue weighted by Gasteiger charge is 2.14. The second-order valence-electron chi connectivity index (χ2n) is 5.42. The molecule has 0 spiro atoms. The Kier molecular flexibility index (Phi) is 3.67. The summed E-state index contributed by atoms with van der Waals surface area (Å²) >= 11 is 7.55. The summed E-state index contributed by atoms with van der Waals surface area (Å²) < 4.78 is 0. The molecule has 0 aliphatic carbocycles. The SMILES string of the molecule is Cc1cc(-c2csc3nc(-c4ccccn4)[nH]c(=O)c23)ccc1Cl. The van der Waals surface area contributed by atoms with Crippen molar-refractivity contribution in [2.45, 2.75) is 6.92 Å². The van der Waals surface area contributed by atoms with Crippen LogP contribution in [0.4, 0.5) is 0 Å². The number of halogens is 1. The van der Waals surface area contributed by atoms with Gasteiger partial charge in [0.1, 0.15) is 10.5 Å². The third kappa shape index (κ3) is 2.52. The largest absolute Gasteiger partial charge is 0.305 e. The van der Waals surface area contributed by atoms with E-state index in [9.17, 15) is 4.79 Å². The van der Waals surface area contributed by atoms with Crippen molar-refractivity contribution in [2.24, 2.45) is 0 Å². The first kappa shape index (κ1) is 15.1. The fraction of sp³-hybridized carbons (Fsp3) is 0.0556. The first-order chi connectivity index (χ1) is 11.6. The first-order valence-corrected chi connectivity index (χ1v) is 8.58. The average molecular weight is 354 g/mol. The summed E-state index contributed by atoms with van der Waals surface area (Å²) in [5, 5.41) is 3.27. The quantitative estimate of drug-likeness (QED) is 0.569. The number of hydrogen-bond donors (Lipinski definition) is 1. The minimum absolute atomic E-state index is 0.162. The molecular formula is C18H12ClN3OS. The maximum atomic E-state index is 12.6. The van der Waals surface area contributed by atoms with Gasteiger partial charge in [-0.3, -0.25) is 9.78 Å². The third-order valence-electron chi connectivity index (χ3n) is 3.82. The van der Waals surface area contributed by atoms with E-state index in [2.05, 4.69) is 15.0 Å². The number of nitrogens with one attached hydrogen (secondary N) is 1. The van der Waals surface area contributed by atoms with E-state index in [0.717, 1.165) is 16.7 Å². The predicted molar refractivity (Wildman–Crippen MR) is 98.7 cm³/mol. The smallest absolute Gasteiger partial charge is 0.260 e. The minimum Gasteiger partial charge on any atom is -0.305 e. The summed E-state index contributed by atoms with van der Waals surface area (Å²) in [5.41, 5.74) is 3.29. The Bertz CT molecular complexity index is 1100. The number of aryl methyl sites for hydroxylation is 1. The molecule has 4 rings (SSSR count). The second kappa shape index (κ2) is 5.85. The zero-order chi connectivity index (χ0) is 16.7. The fourth-order valence-corrected chi connectivity index (χ4v) is 3.66. The Balaban J connectivity index is 1.91. The zero-order valence-electron chi connectivity index (χ0n) is 12.7. The van der Waals surface area contributed by atoms with E-state index >= 15 is 0 Å². The van der Waals surface area contributed by atoms with Gasteiger partial charge in [-0.1, -0.05) is 23.7 Å². The Labute approximate surface area is 146 Å². The lowest BCUT2D eigenvalue weighted by Crippen LogP contribution is -2.09. The molecule has 0 bridgehead atoms. The molecule has 0 saturated carbocycles. The van der Waals surface area contributed by atoms with E-state index in [0.29, 0.717) is 26.8 Å². The second-order valence-corrected chi connectivity index (χ2v) is 6.69. The molecule has 0 saturated heterocycles. The van der Waals surface area contributed by atoms with Crippen LogP contribution in [0, 0.1) is 6.92 Å². The van der Waals surface area contributed by atoms with Gasteiger partial charge in [0.2, 0.25) is 0 Å². The number of benzene rings is 1. The van der Waals surface area contributed by atoms with Gasteiger partial charge in [0.05, 0.1) is 5.39 Å². The molecule has 4 nitrogen and oxygen atoms in total. The minimum atomic E-state index is -0.162. The van der Waals surface area contributed by atoms with Crippen LogP contribution in [0.15, 0.2) is 52.8 Å². The molecule has 3 heterocycles. The summed E-state index contributed by atoms with van der Waals surface area (Å²) in [6.45, 7) is 1.95. The van der Waals surface area contributed by atoms with Gasteiger partial charge in [0.25, 0.3) is 5.56 Å². The van der Waals surface area contributed by atoms with Crippen molar-refractivity contribution in [2.75, 3.05) is 0 Å². The Morgan fingerprint density at radius 2 is 2.08 bits per heavy atom. The third-order valence-corrected chi connectivity index (χ3v) is 5.12. The molecule has 1 N–H and O–H groups in total. The number of aromatic amines is 1. The van der Waals surface area contributed by atoms with Crippen LogP contribution in [0.2, 0.25) is 5.02 Å². The Morgan fingerprint density at radius 1 is 1.21 bits per heavy atom. The van der Waals surface area contributed by atoms with Crippen molar-refractivity contribution in [1.29, 1.82) is 0 Å². The van der Waals surface area contributed by atoms with E-state index in [4.69, 9.17) is 11.6 Å². The maximum Gasteiger partial charge on any atom is 0.260 e. The van der Waals surface area contributed by atoms with Crippen molar-refractivity contribution in [3.8, 4) is 22.6 Å². The number of pyridine rings is 1. The highest BCUT2D eigenvalue weighted by Crippen LogP contribution is 2.33. The summed E-state index contributed by atoms with van der Waals surface area (Å²) in [7, 11) is 0. The van der Waals surface area contributed by atoms with Crippen LogP contribution in [-0.4, -0.2) is 15.0 Å². The van der Waals surface area contributed by atoms with Gasteiger partial charge in [0.15, 0.2) is 5.82 Å². The average Bonchev–Trinajstić information content (AvgIpc) is 3.03. The molecule has 1 aromatic carbocycles. The molecule has 3 aromatic heterocycles. The molecule has 0 aliphatic rings. The van der Waals surface area contributed by atoms with Crippen molar-refractivity contribution in [1.82, 2.24) is 15.0 Å². The number of aromatic nitrogens is 3. The number of nitrogens with zero attached hydrogens (tertiary/aromatic N) is 2.